The fraction of sp³-hybridized carbons (Fsp3) is 0.421. The van der Waals surface area contributed by atoms with E-state index in [4.69, 9.17) is 4.74 Å². The highest BCUT2D eigenvalue weighted by Gasteiger charge is 2.37. The van der Waals surface area contributed by atoms with Crippen LogP contribution in [0.1, 0.15) is 24.3 Å². The van der Waals surface area contributed by atoms with Crippen LogP contribution in [0.2, 0.25) is 0 Å². The molecule has 0 radical (unpaired) electrons. The first-order chi connectivity index (χ1) is 12.2. The molecule has 1 aromatic heterocycles. The van der Waals surface area contributed by atoms with E-state index in [1.165, 1.54) is 0 Å². The lowest BCUT2D eigenvalue weighted by Crippen LogP contribution is -2.43. The Kier molecular flexibility index (Phi) is 5.28. The van der Waals surface area contributed by atoms with Crippen LogP contribution in [-0.4, -0.2) is 42.5 Å². The van der Waals surface area contributed by atoms with Crippen molar-refractivity contribution in [1.82, 2.24) is 10.3 Å². The minimum atomic E-state index is -0.816. The Morgan fingerprint density at radius 2 is 2.32 bits per heavy atom. The lowest BCUT2D eigenvalue weighted by atomic mass is 9.72. The Balaban J connectivity index is 2.09. The minimum absolute atomic E-state index is 0.0965. The number of aliphatic carboxylic acids is 1. The molecule has 6 heteroatoms. The standard InChI is InChI=1S/C19H22N2O4/c1-25-12-2-3-18-16(10-12)13(5-8-21-18)15(6-9-22)14-4-7-20-11-17(14)19(23)24/h2-3,5,8-10,14-15,17,20H,4,6-7,11H2,1H3,(H,23,24)/t14-,15?,17+/m1/s1. The normalized spacial score (nSPS) is 21.6. The van der Waals surface area contributed by atoms with Crippen LogP contribution in [0.5, 0.6) is 5.75 Å². The van der Waals surface area contributed by atoms with Gasteiger partial charge in [-0.2, -0.15) is 0 Å². The second-order valence-corrected chi connectivity index (χ2v) is 6.39. The molecule has 0 saturated carbocycles. The molecule has 0 bridgehead atoms. The molecule has 1 aliphatic rings. The van der Waals surface area contributed by atoms with Gasteiger partial charge in [0.1, 0.15) is 12.0 Å². The maximum atomic E-state index is 11.7. The number of aldehydes is 1. The summed E-state index contributed by atoms with van der Waals surface area (Å²) in [6, 6.07) is 7.54. The minimum Gasteiger partial charge on any atom is -0.497 e. The predicted molar refractivity (Wildman–Crippen MR) is 93.8 cm³/mol. The zero-order valence-electron chi connectivity index (χ0n) is 14.1. The molecule has 3 rings (SSSR count). The van der Waals surface area contributed by atoms with E-state index in [9.17, 15) is 14.7 Å². The molecule has 6 nitrogen and oxygen atoms in total. The SMILES string of the molecule is COc1ccc2nccc(C(CC=O)[C@H]3CCNC[C@@H]3C(=O)O)c2c1. The van der Waals surface area contributed by atoms with Gasteiger partial charge in [-0.25, -0.2) is 0 Å². The van der Waals surface area contributed by atoms with Crippen molar-refractivity contribution in [2.45, 2.75) is 18.8 Å². The molecule has 1 aromatic carbocycles. The number of hydrogen-bond acceptors (Lipinski definition) is 5. The number of nitrogens with one attached hydrogen (secondary N) is 1. The smallest absolute Gasteiger partial charge is 0.308 e. The van der Waals surface area contributed by atoms with Crippen molar-refractivity contribution in [3.05, 3.63) is 36.0 Å². The zero-order valence-corrected chi connectivity index (χ0v) is 14.1. The highest BCUT2D eigenvalue weighted by Crippen LogP contribution is 2.39. The van der Waals surface area contributed by atoms with E-state index in [1.807, 2.05) is 24.3 Å². The maximum Gasteiger partial charge on any atom is 0.308 e. The summed E-state index contributed by atoms with van der Waals surface area (Å²) in [6.07, 6.45) is 3.63. The summed E-state index contributed by atoms with van der Waals surface area (Å²) >= 11 is 0. The van der Waals surface area contributed by atoms with Crippen molar-refractivity contribution in [3.8, 4) is 5.75 Å². The van der Waals surface area contributed by atoms with E-state index < -0.39 is 11.9 Å². The number of rotatable bonds is 6. The van der Waals surface area contributed by atoms with E-state index >= 15 is 0 Å². The van der Waals surface area contributed by atoms with Gasteiger partial charge >= 0.3 is 5.97 Å². The second kappa shape index (κ2) is 7.61. The Morgan fingerprint density at radius 1 is 1.48 bits per heavy atom. The molecule has 1 unspecified atom stereocenters. The van der Waals surface area contributed by atoms with E-state index in [1.54, 1.807) is 13.3 Å². The van der Waals surface area contributed by atoms with Gasteiger partial charge in [-0.15, -0.1) is 0 Å². The van der Waals surface area contributed by atoms with Crippen LogP contribution >= 0.6 is 0 Å². The van der Waals surface area contributed by atoms with Crippen molar-refractivity contribution in [2.24, 2.45) is 11.8 Å². The molecular weight excluding hydrogens is 320 g/mol. The van der Waals surface area contributed by atoms with Crippen molar-refractivity contribution in [1.29, 1.82) is 0 Å². The number of carboxylic acid groups (broad SMARTS) is 1. The summed E-state index contributed by atoms with van der Waals surface area (Å²) < 4.78 is 5.32. The third-order valence-corrected chi connectivity index (χ3v) is 5.10. The average Bonchev–Trinajstić information content (AvgIpc) is 2.65. The van der Waals surface area contributed by atoms with Gasteiger partial charge in [0.25, 0.3) is 0 Å². The lowest BCUT2D eigenvalue weighted by Gasteiger charge is -2.35. The molecule has 0 aliphatic carbocycles. The molecule has 1 saturated heterocycles. The average molecular weight is 342 g/mol. The van der Waals surface area contributed by atoms with Crippen LogP contribution in [0, 0.1) is 11.8 Å². The predicted octanol–water partition coefficient (Wildman–Crippen LogP) is 2.23. The van der Waals surface area contributed by atoms with Gasteiger partial charge in [-0.3, -0.25) is 9.78 Å². The summed E-state index contributed by atoms with van der Waals surface area (Å²) in [5.74, 6) is -0.859. The van der Waals surface area contributed by atoms with Gasteiger partial charge in [-0.05, 0) is 54.6 Å². The van der Waals surface area contributed by atoms with Gasteiger partial charge in [0, 0.05) is 24.5 Å². The third-order valence-electron chi connectivity index (χ3n) is 5.10. The van der Waals surface area contributed by atoms with Crippen LogP contribution in [0.25, 0.3) is 10.9 Å². The number of pyridine rings is 1. The number of piperidine rings is 1. The van der Waals surface area contributed by atoms with Crippen molar-refractivity contribution >= 4 is 23.2 Å². The third kappa shape index (κ3) is 3.49. The van der Waals surface area contributed by atoms with Crippen LogP contribution in [0.3, 0.4) is 0 Å². The summed E-state index contributed by atoms with van der Waals surface area (Å²) in [5, 5.41) is 13.7. The number of carbonyl (C=O) groups excluding carboxylic acids is 1. The number of benzene rings is 1. The number of aromatic nitrogens is 1. The fourth-order valence-corrected chi connectivity index (χ4v) is 3.86. The monoisotopic (exact) mass is 342 g/mol. The number of nitrogens with zero attached hydrogens (tertiary/aromatic N) is 1. The molecule has 2 heterocycles. The van der Waals surface area contributed by atoms with Crippen LogP contribution < -0.4 is 10.1 Å². The second-order valence-electron chi connectivity index (χ2n) is 6.39. The largest absolute Gasteiger partial charge is 0.497 e. The molecule has 132 valence electrons. The summed E-state index contributed by atoms with van der Waals surface area (Å²) in [6.45, 7) is 1.19. The van der Waals surface area contributed by atoms with Gasteiger partial charge in [0.15, 0.2) is 0 Å². The highest BCUT2D eigenvalue weighted by atomic mass is 16.5. The lowest BCUT2D eigenvalue weighted by molar-refractivity contribution is -0.144. The molecule has 0 amide bonds. The first kappa shape index (κ1) is 17.4. The molecule has 1 aliphatic heterocycles. The maximum absolute atomic E-state index is 11.7. The number of hydrogen-bond donors (Lipinski definition) is 2. The summed E-state index contributed by atoms with van der Waals surface area (Å²) in [7, 11) is 1.60. The number of methoxy groups -OCH3 is 1. The van der Waals surface area contributed by atoms with E-state index in [2.05, 4.69) is 10.3 Å². The zero-order chi connectivity index (χ0) is 17.8. The van der Waals surface area contributed by atoms with E-state index in [0.29, 0.717) is 18.7 Å². The molecule has 1 fully saturated rings. The Labute approximate surface area is 146 Å². The fourth-order valence-electron chi connectivity index (χ4n) is 3.86. The molecule has 2 N–H and O–H groups in total. The van der Waals surface area contributed by atoms with Gasteiger partial charge in [-0.1, -0.05) is 0 Å². The molecule has 25 heavy (non-hydrogen) atoms. The van der Waals surface area contributed by atoms with Gasteiger partial charge in [0.2, 0.25) is 0 Å². The Morgan fingerprint density at radius 3 is 3.04 bits per heavy atom. The number of carbonyl (C=O) groups is 2. The quantitative estimate of drug-likeness (QED) is 0.783. The summed E-state index contributed by atoms with van der Waals surface area (Å²) in [4.78, 5) is 27.5. The molecule has 0 spiro atoms. The van der Waals surface area contributed by atoms with Crippen LogP contribution in [-0.2, 0) is 9.59 Å². The van der Waals surface area contributed by atoms with Crippen LogP contribution in [0.15, 0.2) is 30.5 Å². The van der Waals surface area contributed by atoms with Gasteiger partial charge in [0.05, 0.1) is 18.5 Å². The van der Waals surface area contributed by atoms with Crippen molar-refractivity contribution in [2.75, 3.05) is 20.2 Å². The van der Waals surface area contributed by atoms with Crippen molar-refractivity contribution < 1.29 is 19.4 Å². The first-order valence-electron chi connectivity index (χ1n) is 8.45. The number of fused-ring (bicyclic) bond motifs is 1. The van der Waals surface area contributed by atoms with Crippen molar-refractivity contribution in [3.63, 3.8) is 0 Å². The summed E-state index contributed by atoms with van der Waals surface area (Å²) in [5.41, 5.74) is 1.78. The highest BCUT2D eigenvalue weighted by molar-refractivity contribution is 5.84. The van der Waals surface area contributed by atoms with Gasteiger partial charge < -0.3 is 20.0 Å². The van der Waals surface area contributed by atoms with Crippen LogP contribution in [0.4, 0.5) is 0 Å². The Bertz CT molecular complexity index is 777. The number of carboxylic acids is 1. The molecule has 3 atom stereocenters. The number of ether oxygens (including phenoxy) is 1. The molecular formula is C19H22N2O4. The first-order valence-corrected chi connectivity index (χ1v) is 8.45. The topological polar surface area (TPSA) is 88.5 Å². The molecule has 2 aromatic rings. The van der Waals surface area contributed by atoms with E-state index in [-0.39, 0.29) is 11.8 Å². The van der Waals surface area contributed by atoms with E-state index in [0.717, 1.165) is 35.7 Å². The Hall–Kier alpha value is -2.47.